The molecule has 0 bridgehead atoms. The second-order valence-corrected chi connectivity index (χ2v) is 11.9. The summed E-state index contributed by atoms with van der Waals surface area (Å²) in [4.78, 5) is 34.3. The molecule has 0 aliphatic carbocycles. The summed E-state index contributed by atoms with van der Waals surface area (Å²) in [5.41, 5.74) is 2.32. The van der Waals surface area contributed by atoms with E-state index in [0.29, 0.717) is 61.1 Å². The molecule has 4 aromatic heterocycles. The fraction of sp³-hybridized carbons (Fsp3) is 0.419. The normalized spacial score (nSPS) is 22.8. The molecule has 0 radical (unpaired) electrons. The number of rotatable bonds is 11. The van der Waals surface area contributed by atoms with Crippen LogP contribution in [-0.2, 0) is 17.7 Å². The second kappa shape index (κ2) is 14.0. The molecule has 6 heterocycles. The molecule has 6 N–H and O–H groups in total. The fourth-order valence-electron chi connectivity index (χ4n) is 6.04. The van der Waals surface area contributed by atoms with E-state index in [1.807, 2.05) is 42.2 Å². The Morgan fingerprint density at radius 1 is 1.12 bits per heavy atom. The molecule has 2 aliphatic heterocycles. The first-order chi connectivity index (χ1) is 23.9. The van der Waals surface area contributed by atoms with Crippen LogP contribution in [0.25, 0.3) is 11.2 Å². The van der Waals surface area contributed by atoms with Gasteiger partial charge in [-0.1, -0.05) is 30.3 Å². The summed E-state index contributed by atoms with van der Waals surface area (Å²) in [6.07, 6.45) is 0.985. The highest BCUT2D eigenvalue weighted by atomic mass is 16.6. The second-order valence-electron chi connectivity index (χ2n) is 11.9. The number of tetrazole rings is 1. The van der Waals surface area contributed by atoms with Crippen LogP contribution >= 0.6 is 0 Å². The number of nitrogens with zero attached hydrogens (tertiary/aromatic N) is 10. The highest BCUT2D eigenvalue weighted by Gasteiger charge is 2.47. The number of ether oxygens (including phenoxy) is 1. The highest BCUT2D eigenvalue weighted by molar-refractivity contribution is 5.89. The van der Waals surface area contributed by atoms with E-state index >= 15 is 0 Å². The van der Waals surface area contributed by atoms with Crippen molar-refractivity contribution >= 4 is 34.6 Å². The molecule has 18 nitrogen and oxygen atoms in total. The number of pyridine rings is 1. The third-order valence-corrected chi connectivity index (χ3v) is 8.54. The van der Waals surface area contributed by atoms with Crippen LogP contribution in [0, 0.1) is 0 Å². The minimum Gasteiger partial charge on any atom is -0.394 e. The number of hydrogen-bond donors (Lipinski definition) is 6. The van der Waals surface area contributed by atoms with E-state index < -0.39 is 30.6 Å². The summed E-state index contributed by atoms with van der Waals surface area (Å²) in [5.74, 6) is 0.867. The molecule has 2 amide bonds. The molecule has 2 saturated heterocycles. The molecule has 0 unspecified atom stereocenters. The SMILES string of the molecule is CCn1nnc([C@H]2O[C@@H](n3cnc4c(N[C@H](CO)Cc5ccccc5)nc(N5CC[C@@H](NC(=O)Nc6cccnc6)C5)nc43)[C@H](O)[C@@H]2O)n1. The fourth-order valence-corrected chi connectivity index (χ4v) is 6.04. The number of aliphatic hydroxyl groups excluding tert-OH is 3. The van der Waals surface area contributed by atoms with Crippen LogP contribution in [-0.4, -0.2) is 110 Å². The third kappa shape index (κ3) is 6.84. The zero-order valence-corrected chi connectivity index (χ0v) is 26.6. The number of aryl methyl sites for hydroxylation is 1. The molecule has 6 atom stereocenters. The van der Waals surface area contributed by atoms with E-state index in [4.69, 9.17) is 14.7 Å². The number of anilines is 3. The molecule has 2 aliphatic rings. The maximum atomic E-state index is 12.7. The van der Waals surface area contributed by atoms with Gasteiger partial charge in [0.1, 0.15) is 12.2 Å². The van der Waals surface area contributed by atoms with Crippen molar-refractivity contribution in [2.75, 3.05) is 35.2 Å². The minimum absolute atomic E-state index is 0.146. The largest absolute Gasteiger partial charge is 0.394 e. The predicted molar refractivity (Wildman–Crippen MR) is 175 cm³/mol. The van der Waals surface area contributed by atoms with Crippen molar-refractivity contribution in [1.29, 1.82) is 0 Å². The number of fused-ring (bicyclic) bond motifs is 1. The van der Waals surface area contributed by atoms with Gasteiger partial charge in [-0.05, 0) is 42.7 Å². The highest BCUT2D eigenvalue weighted by Crippen LogP contribution is 2.39. The Hall–Kier alpha value is -5.30. The van der Waals surface area contributed by atoms with Gasteiger partial charge < -0.3 is 40.9 Å². The van der Waals surface area contributed by atoms with Crippen molar-refractivity contribution in [1.82, 2.24) is 50.0 Å². The van der Waals surface area contributed by atoms with Crippen LogP contribution in [0.5, 0.6) is 0 Å². The predicted octanol–water partition coefficient (Wildman–Crippen LogP) is 0.636. The van der Waals surface area contributed by atoms with E-state index in [1.165, 1.54) is 11.1 Å². The van der Waals surface area contributed by atoms with Gasteiger partial charge in [0.2, 0.25) is 11.8 Å². The summed E-state index contributed by atoms with van der Waals surface area (Å²) in [6, 6.07) is 12.3. The van der Waals surface area contributed by atoms with Crippen LogP contribution in [0.1, 0.15) is 37.1 Å². The quantitative estimate of drug-likeness (QED) is 0.113. The van der Waals surface area contributed by atoms with Gasteiger partial charge in [-0.3, -0.25) is 9.55 Å². The third-order valence-electron chi connectivity index (χ3n) is 8.54. The molecule has 18 heteroatoms. The Morgan fingerprint density at radius 3 is 2.73 bits per heavy atom. The number of urea groups is 1. The standard InChI is InChI=1S/C31H37N13O5/c1-2-44-40-27(39-41-44)25-23(46)24(47)29(49-25)43-17-33-22-26(34-21(16-45)13-18-7-4-3-5-8-18)37-30(38-28(22)43)42-12-10-20(15-42)36-31(48)35-19-9-6-11-32-14-19/h3-9,11,14,17,20-21,23-25,29,45-47H,2,10,12-13,15-16H2,1H3,(H,34,37,38)(H2,35,36,48)/t20-,21+,23+,24-,25+,29-/m1/s1. The maximum absolute atomic E-state index is 12.7. The van der Waals surface area contributed by atoms with Gasteiger partial charge in [-0.15, -0.1) is 10.2 Å². The first-order valence-electron chi connectivity index (χ1n) is 16.1. The van der Waals surface area contributed by atoms with Crippen LogP contribution in [0.4, 0.5) is 22.2 Å². The first kappa shape index (κ1) is 32.3. The Morgan fingerprint density at radius 2 is 1.98 bits per heavy atom. The van der Waals surface area contributed by atoms with Gasteiger partial charge in [-0.2, -0.15) is 14.8 Å². The lowest BCUT2D eigenvalue weighted by molar-refractivity contribution is -0.0384. The Labute approximate surface area is 280 Å². The number of imidazole rings is 1. The lowest BCUT2D eigenvalue weighted by atomic mass is 10.1. The molecule has 7 rings (SSSR count). The number of hydrogen-bond acceptors (Lipinski definition) is 14. The molecule has 0 saturated carbocycles. The zero-order chi connectivity index (χ0) is 33.9. The average molecular weight is 672 g/mol. The van der Waals surface area contributed by atoms with Gasteiger partial charge in [0.15, 0.2) is 29.3 Å². The number of carbonyl (C=O) groups is 1. The summed E-state index contributed by atoms with van der Waals surface area (Å²) >= 11 is 0. The lowest BCUT2D eigenvalue weighted by Crippen LogP contribution is -2.40. The van der Waals surface area contributed by atoms with E-state index in [0.717, 1.165) is 5.56 Å². The van der Waals surface area contributed by atoms with Crippen molar-refractivity contribution in [3.63, 3.8) is 0 Å². The van der Waals surface area contributed by atoms with E-state index in [1.54, 1.807) is 29.1 Å². The summed E-state index contributed by atoms with van der Waals surface area (Å²) in [5, 5.41) is 53.8. The van der Waals surface area contributed by atoms with Gasteiger partial charge in [-0.25, -0.2) is 9.78 Å². The van der Waals surface area contributed by atoms with E-state index in [-0.39, 0.29) is 24.5 Å². The molecule has 256 valence electrons. The molecular weight excluding hydrogens is 634 g/mol. The zero-order valence-electron chi connectivity index (χ0n) is 26.6. The molecule has 1 aromatic carbocycles. The van der Waals surface area contributed by atoms with Crippen LogP contribution in [0.2, 0.25) is 0 Å². The van der Waals surface area contributed by atoms with Gasteiger partial charge in [0.05, 0.1) is 37.4 Å². The maximum Gasteiger partial charge on any atom is 0.319 e. The summed E-state index contributed by atoms with van der Waals surface area (Å²) in [7, 11) is 0. The minimum atomic E-state index is -1.37. The summed E-state index contributed by atoms with van der Waals surface area (Å²) < 4.78 is 7.67. The Balaban J connectivity index is 1.17. The van der Waals surface area contributed by atoms with Crippen LogP contribution in [0.15, 0.2) is 61.2 Å². The van der Waals surface area contributed by atoms with E-state index in [9.17, 15) is 20.1 Å². The van der Waals surface area contributed by atoms with Crippen LogP contribution in [0.3, 0.4) is 0 Å². The Kier molecular flexibility index (Phi) is 9.25. The molecular formula is C31H37N13O5. The van der Waals surface area contributed by atoms with Gasteiger partial charge in [0, 0.05) is 25.3 Å². The van der Waals surface area contributed by atoms with Gasteiger partial charge in [0.25, 0.3) is 0 Å². The molecule has 0 spiro atoms. The van der Waals surface area contributed by atoms with Crippen molar-refractivity contribution in [2.45, 2.75) is 62.9 Å². The van der Waals surface area contributed by atoms with Crippen molar-refractivity contribution in [3.05, 3.63) is 72.6 Å². The van der Waals surface area contributed by atoms with Crippen LogP contribution < -0.4 is 20.9 Å². The average Bonchev–Trinajstić information content (AvgIpc) is 3.93. The monoisotopic (exact) mass is 671 g/mol. The lowest BCUT2D eigenvalue weighted by Gasteiger charge is -2.22. The number of benzene rings is 1. The number of amides is 2. The molecule has 49 heavy (non-hydrogen) atoms. The first-order valence-corrected chi connectivity index (χ1v) is 16.1. The number of aromatic nitrogens is 9. The molecule has 2 fully saturated rings. The van der Waals surface area contributed by atoms with Crippen molar-refractivity contribution in [3.8, 4) is 0 Å². The topological polar surface area (TPSA) is 226 Å². The van der Waals surface area contributed by atoms with E-state index in [2.05, 4.69) is 41.3 Å². The number of carbonyl (C=O) groups excluding carboxylic acids is 1. The van der Waals surface area contributed by atoms with Crippen molar-refractivity contribution in [2.24, 2.45) is 0 Å². The molecule has 5 aromatic rings. The Bertz CT molecular complexity index is 1870. The smallest absolute Gasteiger partial charge is 0.319 e. The van der Waals surface area contributed by atoms with Crippen molar-refractivity contribution < 1.29 is 24.9 Å². The number of aliphatic hydroxyl groups is 3. The number of nitrogens with one attached hydrogen (secondary N) is 3. The summed E-state index contributed by atoms with van der Waals surface area (Å²) in [6.45, 7) is 3.13. The van der Waals surface area contributed by atoms with Gasteiger partial charge >= 0.3 is 6.03 Å².